The van der Waals surface area contributed by atoms with E-state index in [1.54, 1.807) is 13.8 Å². The van der Waals surface area contributed by atoms with Gasteiger partial charge in [0.2, 0.25) is 0 Å². The van der Waals surface area contributed by atoms with Crippen LogP contribution in [0.1, 0.15) is 29.8 Å². The molecule has 0 unspecified atom stereocenters. The van der Waals surface area contributed by atoms with E-state index in [4.69, 9.17) is 22.6 Å². The molecule has 0 bridgehead atoms. The van der Waals surface area contributed by atoms with Crippen LogP contribution in [0, 0.1) is 11.3 Å². The Bertz CT molecular complexity index is 512. The van der Waals surface area contributed by atoms with Crippen LogP contribution in [0.5, 0.6) is 0 Å². The second-order valence-electron chi connectivity index (χ2n) is 3.23. The van der Waals surface area contributed by atoms with E-state index in [-0.39, 0.29) is 22.1 Å². The van der Waals surface area contributed by atoms with Crippen molar-refractivity contribution in [3.05, 3.63) is 22.3 Å². The van der Waals surface area contributed by atoms with Crippen LogP contribution in [0.15, 0.2) is 11.1 Å². The summed E-state index contributed by atoms with van der Waals surface area (Å²) >= 11 is 5.73. The van der Waals surface area contributed by atoms with Crippen LogP contribution in [0.2, 0.25) is 5.15 Å². The highest BCUT2D eigenvalue weighted by atomic mass is 35.5. The Morgan fingerprint density at radius 1 is 1.62 bits per heavy atom. The first-order chi connectivity index (χ1) is 7.45. The maximum Gasteiger partial charge on any atom is 0.252 e. The highest BCUT2D eigenvalue weighted by Gasteiger charge is 2.13. The summed E-state index contributed by atoms with van der Waals surface area (Å²) in [5.41, 5.74) is 6.05. The van der Waals surface area contributed by atoms with Crippen LogP contribution in [0.4, 0.5) is 5.82 Å². The lowest BCUT2D eigenvalue weighted by atomic mass is 10.2. The number of aromatic nitrogens is 1. The predicted molar refractivity (Wildman–Crippen MR) is 60.9 cm³/mol. The number of amides is 1. The molecule has 5 nitrogen and oxygen atoms in total. The molecule has 0 aliphatic rings. The van der Waals surface area contributed by atoms with E-state index in [0.717, 1.165) is 0 Å². The fourth-order valence-electron chi connectivity index (χ4n) is 1.04. The number of aliphatic imine (C=N–C) groups is 1. The van der Waals surface area contributed by atoms with E-state index in [9.17, 15) is 4.79 Å². The van der Waals surface area contributed by atoms with Gasteiger partial charge in [0.25, 0.3) is 5.91 Å². The summed E-state index contributed by atoms with van der Waals surface area (Å²) in [6.07, 6.45) is 0. The van der Waals surface area contributed by atoms with Gasteiger partial charge in [0.05, 0.1) is 11.1 Å². The average Bonchev–Trinajstić information content (AvgIpc) is 2.16. The molecule has 6 heteroatoms. The van der Waals surface area contributed by atoms with Gasteiger partial charge >= 0.3 is 0 Å². The smallest absolute Gasteiger partial charge is 0.252 e. The number of nitrogens with zero attached hydrogens (tertiary/aromatic N) is 3. The minimum atomic E-state index is -0.694. The second kappa shape index (κ2) is 4.73. The highest BCUT2D eigenvalue weighted by molar-refractivity contribution is 6.30. The van der Waals surface area contributed by atoms with E-state index >= 15 is 0 Å². The lowest BCUT2D eigenvalue weighted by Crippen LogP contribution is -2.12. The molecule has 1 heterocycles. The van der Waals surface area contributed by atoms with E-state index < -0.39 is 5.91 Å². The summed E-state index contributed by atoms with van der Waals surface area (Å²) in [5, 5.41) is 8.74. The third-order valence-corrected chi connectivity index (χ3v) is 1.96. The molecule has 0 saturated heterocycles. The summed E-state index contributed by atoms with van der Waals surface area (Å²) in [6, 6.07) is 3.11. The predicted octanol–water partition coefficient (Wildman–Crippen LogP) is 1.82. The Morgan fingerprint density at radius 2 is 2.25 bits per heavy atom. The number of hydrogen-bond acceptors (Lipinski definition) is 4. The number of primary amides is 1. The molecule has 0 aliphatic heterocycles. The first-order valence-electron chi connectivity index (χ1n) is 4.38. The molecule has 2 N–H and O–H groups in total. The van der Waals surface area contributed by atoms with Crippen molar-refractivity contribution in [1.29, 1.82) is 5.26 Å². The van der Waals surface area contributed by atoms with Crippen molar-refractivity contribution >= 4 is 29.0 Å². The monoisotopic (exact) mass is 236 g/mol. The number of rotatable bonds is 2. The van der Waals surface area contributed by atoms with Crippen LogP contribution in [-0.4, -0.2) is 16.6 Å². The lowest BCUT2D eigenvalue weighted by Gasteiger charge is -2.03. The van der Waals surface area contributed by atoms with Gasteiger partial charge in [-0.15, -0.1) is 0 Å². The molecule has 0 aromatic carbocycles. The fraction of sp³-hybridized carbons (Fsp3) is 0.200. The molecule has 0 saturated carbocycles. The normalized spacial score (nSPS) is 9.38. The SMILES string of the molecule is CC(C)=Nc1nc(Cl)c(C#N)cc1C(N)=O. The third kappa shape index (κ3) is 2.55. The summed E-state index contributed by atoms with van der Waals surface area (Å²) in [7, 11) is 0. The Kier molecular flexibility index (Phi) is 3.59. The van der Waals surface area contributed by atoms with E-state index in [1.807, 2.05) is 6.07 Å². The molecule has 0 fully saturated rings. The van der Waals surface area contributed by atoms with E-state index in [1.165, 1.54) is 6.07 Å². The zero-order valence-electron chi connectivity index (χ0n) is 8.78. The van der Waals surface area contributed by atoms with Crippen LogP contribution in [-0.2, 0) is 0 Å². The Morgan fingerprint density at radius 3 is 2.69 bits per heavy atom. The zero-order valence-corrected chi connectivity index (χ0v) is 9.54. The van der Waals surface area contributed by atoms with Crippen molar-refractivity contribution in [1.82, 2.24) is 4.98 Å². The summed E-state index contributed by atoms with van der Waals surface area (Å²) in [5.74, 6) is -0.558. The molecule has 0 spiro atoms. The Balaban J connectivity index is 3.50. The Labute approximate surface area is 97.6 Å². The van der Waals surface area contributed by atoms with Gasteiger partial charge in [0, 0.05) is 5.71 Å². The molecule has 82 valence electrons. The largest absolute Gasteiger partial charge is 0.365 e. The molecule has 16 heavy (non-hydrogen) atoms. The van der Waals surface area contributed by atoms with Crippen molar-refractivity contribution in [2.75, 3.05) is 0 Å². The molecule has 0 radical (unpaired) electrons. The number of nitriles is 1. The van der Waals surface area contributed by atoms with Gasteiger partial charge in [-0.3, -0.25) is 4.79 Å². The first-order valence-corrected chi connectivity index (χ1v) is 4.76. The molecular formula is C10H9ClN4O. The van der Waals surface area contributed by atoms with Gasteiger partial charge in [-0.1, -0.05) is 11.6 Å². The molecule has 0 atom stereocenters. The van der Waals surface area contributed by atoms with Gasteiger partial charge < -0.3 is 5.73 Å². The quantitative estimate of drug-likeness (QED) is 0.627. The van der Waals surface area contributed by atoms with Crippen molar-refractivity contribution in [3.8, 4) is 6.07 Å². The van der Waals surface area contributed by atoms with Crippen LogP contribution < -0.4 is 5.73 Å². The topological polar surface area (TPSA) is 92.1 Å². The Hall–Kier alpha value is -1.93. The van der Waals surface area contributed by atoms with Crippen LogP contribution in [0.25, 0.3) is 0 Å². The number of hydrogen-bond donors (Lipinski definition) is 1. The standard InChI is InChI=1S/C10H9ClN4O/c1-5(2)14-10-7(9(13)16)3-6(4-12)8(11)15-10/h3H,1-2H3,(H2,13,16). The maximum absolute atomic E-state index is 11.1. The van der Waals surface area contributed by atoms with Crippen LogP contribution in [0.3, 0.4) is 0 Å². The number of halogens is 1. The molecule has 0 aliphatic carbocycles. The third-order valence-electron chi connectivity index (χ3n) is 1.67. The second-order valence-corrected chi connectivity index (χ2v) is 3.59. The van der Waals surface area contributed by atoms with Crippen molar-refractivity contribution in [3.63, 3.8) is 0 Å². The van der Waals surface area contributed by atoms with Gasteiger partial charge in [0.15, 0.2) is 5.82 Å². The minimum Gasteiger partial charge on any atom is -0.365 e. The fourth-order valence-corrected chi connectivity index (χ4v) is 1.22. The molecule has 1 rings (SSSR count). The lowest BCUT2D eigenvalue weighted by molar-refractivity contribution is 0.100. The molecule has 1 amide bonds. The van der Waals surface area contributed by atoms with E-state index in [2.05, 4.69) is 9.98 Å². The number of carbonyl (C=O) groups is 1. The minimum absolute atomic E-state index is 0.00694. The van der Waals surface area contributed by atoms with Gasteiger partial charge in [-0.2, -0.15) is 5.26 Å². The molecule has 1 aromatic heterocycles. The van der Waals surface area contributed by atoms with Crippen LogP contribution >= 0.6 is 11.6 Å². The summed E-state index contributed by atoms with van der Waals surface area (Å²) in [6.45, 7) is 3.50. The maximum atomic E-state index is 11.1. The summed E-state index contributed by atoms with van der Waals surface area (Å²) in [4.78, 5) is 19.0. The highest BCUT2D eigenvalue weighted by Crippen LogP contribution is 2.23. The van der Waals surface area contributed by atoms with Gasteiger partial charge in [-0.05, 0) is 19.9 Å². The average molecular weight is 237 g/mol. The number of nitrogens with two attached hydrogens (primary N) is 1. The number of pyridine rings is 1. The molecule has 1 aromatic rings. The van der Waals surface area contributed by atoms with Crippen molar-refractivity contribution in [2.24, 2.45) is 10.7 Å². The van der Waals surface area contributed by atoms with E-state index in [0.29, 0.717) is 5.71 Å². The number of carbonyl (C=O) groups excluding carboxylic acids is 1. The van der Waals surface area contributed by atoms with Gasteiger partial charge in [-0.25, -0.2) is 9.98 Å². The molecular weight excluding hydrogens is 228 g/mol. The zero-order chi connectivity index (χ0) is 12.3. The first kappa shape index (κ1) is 12.1. The summed E-state index contributed by atoms with van der Waals surface area (Å²) < 4.78 is 0. The van der Waals surface area contributed by atoms with Gasteiger partial charge in [0.1, 0.15) is 11.2 Å². The van der Waals surface area contributed by atoms with Crippen molar-refractivity contribution < 1.29 is 4.79 Å². The van der Waals surface area contributed by atoms with Crippen molar-refractivity contribution in [2.45, 2.75) is 13.8 Å².